The normalized spacial score (nSPS) is 21.9. The van der Waals surface area contributed by atoms with E-state index < -0.39 is 0 Å². The molecule has 1 nitrogen and oxygen atoms in total. The zero-order valence-corrected chi connectivity index (χ0v) is 13.1. The fraction of sp³-hybridized carbons (Fsp3) is 0.500. The standard InChI is InChI=1S/C20H28O/c1-3-5-6-15-21-16-18-9-13-20(14-10-18)19-11-7-17(4-2)8-12-19/h3-4,9-10,13-14,17,19H,1-2,5-8,11-12,15-16H2/t17-,19-. The van der Waals surface area contributed by atoms with Crippen molar-refractivity contribution in [3.05, 3.63) is 60.7 Å². The van der Waals surface area contributed by atoms with Gasteiger partial charge in [-0.3, -0.25) is 0 Å². The van der Waals surface area contributed by atoms with E-state index in [4.69, 9.17) is 4.74 Å². The molecule has 1 heteroatoms. The fourth-order valence-electron chi connectivity index (χ4n) is 3.09. The second-order valence-corrected chi connectivity index (χ2v) is 6.07. The highest BCUT2D eigenvalue weighted by molar-refractivity contribution is 5.25. The first-order valence-corrected chi connectivity index (χ1v) is 8.23. The first kappa shape index (κ1) is 16.0. The van der Waals surface area contributed by atoms with Gasteiger partial charge in [0.15, 0.2) is 0 Å². The molecule has 0 aromatic heterocycles. The molecule has 1 saturated carbocycles. The molecule has 0 atom stereocenters. The van der Waals surface area contributed by atoms with Gasteiger partial charge in [0.2, 0.25) is 0 Å². The third-order valence-electron chi connectivity index (χ3n) is 4.52. The summed E-state index contributed by atoms with van der Waals surface area (Å²) in [6.07, 6.45) is 11.4. The summed E-state index contributed by atoms with van der Waals surface area (Å²) < 4.78 is 5.68. The Kier molecular flexibility index (Phi) is 6.75. The van der Waals surface area contributed by atoms with Crippen molar-refractivity contribution < 1.29 is 4.74 Å². The minimum atomic E-state index is 0.723. The van der Waals surface area contributed by atoms with Crippen molar-refractivity contribution in [3.8, 4) is 0 Å². The zero-order valence-electron chi connectivity index (χ0n) is 13.1. The number of unbranched alkanes of at least 4 members (excludes halogenated alkanes) is 1. The number of hydrogen-bond acceptors (Lipinski definition) is 1. The molecule has 0 bridgehead atoms. The van der Waals surface area contributed by atoms with Crippen LogP contribution in [0, 0.1) is 5.92 Å². The number of rotatable bonds is 8. The monoisotopic (exact) mass is 284 g/mol. The Hall–Kier alpha value is -1.34. The van der Waals surface area contributed by atoms with Crippen LogP contribution < -0.4 is 0 Å². The van der Waals surface area contributed by atoms with Crippen LogP contribution in [0.5, 0.6) is 0 Å². The van der Waals surface area contributed by atoms with Crippen LogP contribution in [0.1, 0.15) is 55.6 Å². The fourth-order valence-corrected chi connectivity index (χ4v) is 3.09. The molecule has 21 heavy (non-hydrogen) atoms. The predicted molar refractivity (Wildman–Crippen MR) is 90.4 cm³/mol. The van der Waals surface area contributed by atoms with Crippen LogP contribution in [0.2, 0.25) is 0 Å². The maximum atomic E-state index is 5.68. The van der Waals surface area contributed by atoms with E-state index in [-0.39, 0.29) is 0 Å². The van der Waals surface area contributed by atoms with Crippen LogP contribution >= 0.6 is 0 Å². The highest BCUT2D eigenvalue weighted by atomic mass is 16.5. The molecule has 1 fully saturated rings. The first-order valence-electron chi connectivity index (χ1n) is 8.23. The summed E-state index contributed by atoms with van der Waals surface area (Å²) in [4.78, 5) is 0. The van der Waals surface area contributed by atoms with E-state index in [2.05, 4.69) is 43.5 Å². The molecule has 0 heterocycles. The van der Waals surface area contributed by atoms with Gasteiger partial charge < -0.3 is 4.74 Å². The molecule has 0 aliphatic heterocycles. The van der Waals surface area contributed by atoms with Crippen molar-refractivity contribution >= 4 is 0 Å². The Bertz CT molecular complexity index is 424. The van der Waals surface area contributed by atoms with Gasteiger partial charge in [0.05, 0.1) is 6.61 Å². The minimum Gasteiger partial charge on any atom is -0.377 e. The molecule has 0 saturated heterocycles. The van der Waals surface area contributed by atoms with E-state index in [1.165, 1.54) is 36.8 Å². The third kappa shape index (κ3) is 5.17. The van der Waals surface area contributed by atoms with E-state index in [9.17, 15) is 0 Å². The van der Waals surface area contributed by atoms with Crippen LogP contribution in [-0.2, 0) is 11.3 Å². The molecule has 0 amide bonds. The Morgan fingerprint density at radius 1 is 1.05 bits per heavy atom. The third-order valence-corrected chi connectivity index (χ3v) is 4.52. The highest BCUT2D eigenvalue weighted by Gasteiger charge is 2.20. The summed E-state index contributed by atoms with van der Waals surface area (Å²) >= 11 is 0. The Morgan fingerprint density at radius 2 is 1.76 bits per heavy atom. The summed E-state index contributed by atoms with van der Waals surface area (Å²) in [5.41, 5.74) is 2.77. The molecule has 1 aromatic rings. The maximum Gasteiger partial charge on any atom is 0.0716 e. The topological polar surface area (TPSA) is 9.23 Å². The molecule has 1 aliphatic rings. The molecule has 1 aliphatic carbocycles. The van der Waals surface area contributed by atoms with Gasteiger partial charge in [-0.2, -0.15) is 0 Å². The van der Waals surface area contributed by atoms with Gasteiger partial charge >= 0.3 is 0 Å². The van der Waals surface area contributed by atoms with E-state index >= 15 is 0 Å². The molecule has 0 N–H and O–H groups in total. The lowest BCUT2D eigenvalue weighted by Gasteiger charge is -2.27. The van der Waals surface area contributed by atoms with Gasteiger partial charge in [0.25, 0.3) is 0 Å². The zero-order chi connectivity index (χ0) is 14.9. The average molecular weight is 284 g/mol. The summed E-state index contributed by atoms with van der Waals surface area (Å²) in [7, 11) is 0. The Morgan fingerprint density at radius 3 is 2.38 bits per heavy atom. The molecule has 0 spiro atoms. The molecule has 2 rings (SSSR count). The predicted octanol–water partition coefficient (Wildman–Crippen LogP) is 5.63. The van der Waals surface area contributed by atoms with E-state index in [1.807, 2.05) is 6.08 Å². The number of allylic oxidation sites excluding steroid dienone is 2. The number of benzene rings is 1. The van der Waals surface area contributed by atoms with Gasteiger partial charge in [0, 0.05) is 6.61 Å². The number of ether oxygens (including phenoxy) is 1. The Labute approximate surface area is 129 Å². The van der Waals surface area contributed by atoms with Crippen LogP contribution in [0.4, 0.5) is 0 Å². The average Bonchev–Trinajstić information content (AvgIpc) is 2.55. The van der Waals surface area contributed by atoms with Crippen molar-refractivity contribution in [2.45, 2.75) is 51.0 Å². The molecular formula is C20H28O. The second kappa shape index (κ2) is 8.84. The lowest BCUT2D eigenvalue weighted by atomic mass is 9.79. The van der Waals surface area contributed by atoms with Crippen molar-refractivity contribution in [2.75, 3.05) is 6.61 Å². The lowest BCUT2D eigenvalue weighted by Crippen LogP contribution is -2.11. The van der Waals surface area contributed by atoms with Gasteiger partial charge in [-0.25, -0.2) is 0 Å². The quantitative estimate of drug-likeness (QED) is 0.444. The molecule has 1 aromatic carbocycles. The molecule has 0 unspecified atom stereocenters. The summed E-state index contributed by atoms with van der Waals surface area (Å²) in [6.45, 7) is 9.18. The number of hydrogen-bond donors (Lipinski definition) is 0. The molecule has 0 radical (unpaired) electrons. The second-order valence-electron chi connectivity index (χ2n) is 6.07. The van der Waals surface area contributed by atoms with Gasteiger partial charge in [-0.1, -0.05) is 36.4 Å². The van der Waals surface area contributed by atoms with Crippen molar-refractivity contribution in [3.63, 3.8) is 0 Å². The largest absolute Gasteiger partial charge is 0.377 e. The molecular weight excluding hydrogens is 256 g/mol. The van der Waals surface area contributed by atoms with Crippen molar-refractivity contribution in [1.82, 2.24) is 0 Å². The maximum absolute atomic E-state index is 5.68. The van der Waals surface area contributed by atoms with Gasteiger partial charge in [-0.05, 0) is 61.5 Å². The van der Waals surface area contributed by atoms with Crippen LogP contribution in [0.15, 0.2) is 49.6 Å². The summed E-state index contributed by atoms with van der Waals surface area (Å²) in [5, 5.41) is 0. The van der Waals surface area contributed by atoms with Crippen LogP contribution in [0.3, 0.4) is 0 Å². The minimum absolute atomic E-state index is 0.723. The van der Waals surface area contributed by atoms with E-state index in [0.29, 0.717) is 0 Å². The smallest absolute Gasteiger partial charge is 0.0716 e. The van der Waals surface area contributed by atoms with Gasteiger partial charge in [0.1, 0.15) is 0 Å². The van der Waals surface area contributed by atoms with Crippen molar-refractivity contribution in [2.24, 2.45) is 5.92 Å². The summed E-state index contributed by atoms with van der Waals surface area (Å²) in [6, 6.07) is 9.04. The Balaban J connectivity index is 1.76. The summed E-state index contributed by atoms with van der Waals surface area (Å²) in [5.74, 6) is 1.48. The van der Waals surface area contributed by atoms with Crippen molar-refractivity contribution in [1.29, 1.82) is 0 Å². The highest BCUT2D eigenvalue weighted by Crippen LogP contribution is 2.36. The van der Waals surface area contributed by atoms with Crippen LogP contribution in [0.25, 0.3) is 0 Å². The molecule has 114 valence electrons. The first-order chi connectivity index (χ1) is 10.3. The lowest BCUT2D eigenvalue weighted by molar-refractivity contribution is 0.119. The van der Waals surface area contributed by atoms with Crippen LogP contribution in [-0.4, -0.2) is 6.61 Å². The van der Waals surface area contributed by atoms with E-state index in [0.717, 1.165) is 37.9 Å². The SMILES string of the molecule is C=CCCCOCc1ccc([C@H]2CC[C@H](C=C)CC2)cc1. The van der Waals surface area contributed by atoms with Gasteiger partial charge in [-0.15, -0.1) is 13.2 Å². The van der Waals surface area contributed by atoms with E-state index in [1.54, 1.807) is 0 Å².